The van der Waals surface area contributed by atoms with Crippen molar-refractivity contribution >= 4 is 34.5 Å². The quantitative estimate of drug-likeness (QED) is 0.171. The second-order valence-electron chi connectivity index (χ2n) is 9.30. The summed E-state index contributed by atoms with van der Waals surface area (Å²) in [5.74, 6) is 1.31. The lowest BCUT2D eigenvalue weighted by molar-refractivity contribution is -0.142. The number of methoxy groups -OCH3 is 1. The minimum atomic E-state index is -0.502. The zero-order valence-electron chi connectivity index (χ0n) is 23.1. The van der Waals surface area contributed by atoms with Gasteiger partial charge in [-0.2, -0.15) is 0 Å². The fourth-order valence-electron chi connectivity index (χ4n) is 4.28. The van der Waals surface area contributed by atoms with E-state index in [1.54, 1.807) is 30.7 Å². The number of esters is 1. The number of fused-ring (bicyclic) bond motifs is 2. The summed E-state index contributed by atoms with van der Waals surface area (Å²) in [5.41, 5.74) is 1.16. The maximum atomic E-state index is 13.7. The molecule has 1 atom stereocenters. The molecule has 0 bridgehead atoms. The number of aromatic nitrogens is 2. The molecule has 0 radical (unpaired) electrons. The van der Waals surface area contributed by atoms with Crippen molar-refractivity contribution in [3.63, 3.8) is 0 Å². The van der Waals surface area contributed by atoms with Crippen molar-refractivity contribution in [3.8, 4) is 17.2 Å². The minimum Gasteiger partial charge on any atom is -0.497 e. The Morgan fingerprint density at radius 3 is 2.58 bits per heavy atom. The van der Waals surface area contributed by atoms with Gasteiger partial charge in [0.15, 0.2) is 16.7 Å². The number of carbonyl (C=O) groups is 2. The fraction of sp³-hybridized carbons (Fsp3) is 0.448. The van der Waals surface area contributed by atoms with Crippen LogP contribution in [0.4, 0.5) is 0 Å². The maximum absolute atomic E-state index is 13.7. The lowest BCUT2D eigenvalue weighted by atomic mass is 10.2. The number of hydrogen-bond acceptors (Lipinski definition) is 9. The van der Waals surface area contributed by atoms with Crippen LogP contribution < -0.4 is 25.1 Å². The highest BCUT2D eigenvalue weighted by Crippen LogP contribution is 2.35. The SMILES string of the molecule is CCCC[C@H](Sc1nc2cc3c(cc2c(=O)n1CCCC(=O)NCc1ccc(OC)cc1)OCO3)C(=O)OCC. The van der Waals surface area contributed by atoms with Gasteiger partial charge in [0.25, 0.3) is 5.56 Å². The number of ether oxygens (including phenoxy) is 4. The topological polar surface area (TPSA) is 118 Å². The van der Waals surface area contributed by atoms with Crippen molar-refractivity contribution in [3.05, 3.63) is 52.3 Å². The second-order valence-corrected chi connectivity index (χ2v) is 10.5. The second kappa shape index (κ2) is 14.1. The number of nitrogens with zero attached hydrogens (tertiary/aromatic N) is 2. The predicted octanol–water partition coefficient (Wildman–Crippen LogP) is 4.44. The molecule has 0 saturated carbocycles. The smallest absolute Gasteiger partial charge is 0.319 e. The van der Waals surface area contributed by atoms with Crippen LogP contribution in [0.1, 0.15) is 51.5 Å². The number of nitrogens with one attached hydrogen (secondary N) is 1. The van der Waals surface area contributed by atoms with Crippen LogP contribution in [0.2, 0.25) is 0 Å². The number of thioether (sulfide) groups is 1. The summed E-state index contributed by atoms with van der Waals surface area (Å²) >= 11 is 1.23. The van der Waals surface area contributed by atoms with Crippen molar-refractivity contribution in [2.45, 2.75) is 69.4 Å². The first kappa shape index (κ1) is 29.3. The molecule has 214 valence electrons. The molecule has 1 amide bonds. The monoisotopic (exact) mass is 569 g/mol. The van der Waals surface area contributed by atoms with E-state index in [9.17, 15) is 14.4 Å². The van der Waals surface area contributed by atoms with Gasteiger partial charge in [-0.15, -0.1) is 0 Å². The number of benzene rings is 2. The van der Waals surface area contributed by atoms with Gasteiger partial charge in [-0.25, -0.2) is 4.98 Å². The van der Waals surface area contributed by atoms with E-state index in [4.69, 9.17) is 23.9 Å². The van der Waals surface area contributed by atoms with Gasteiger partial charge < -0.3 is 24.3 Å². The minimum absolute atomic E-state index is 0.0784. The van der Waals surface area contributed by atoms with Crippen molar-refractivity contribution in [2.75, 3.05) is 20.5 Å². The third kappa shape index (κ3) is 7.26. The molecule has 0 saturated heterocycles. The molecule has 1 aromatic heterocycles. The zero-order valence-corrected chi connectivity index (χ0v) is 23.9. The fourth-order valence-corrected chi connectivity index (χ4v) is 5.44. The molecule has 0 spiro atoms. The van der Waals surface area contributed by atoms with E-state index in [0.29, 0.717) is 46.9 Å². The Morgan fingerprint density at radius 2 is 1.88 bits per heavy atom. The lowest BCUT2D eigenvalue weighted by Crippen LogP contribution is -2.28. The van der Waals surface area contributed by atoms with Crippen molar-refractivity contribution in [2.24, 2.45) is 0 Å². The molecule has 3 aromatic rings. The number of amides is 1. The zero-order chi connectivity index (χ0) is 28.5. The maximum Gasteiger partial charge on any atom is 0.319 e. The van der Waals surface area contributed by atoms with E-state index >= 15 is 0 Å². The Kier molecular flexibility index (Phi) is 10.3. The Labute approximate surface area is 237 Å². The van der Waals surface area contributed by atoms with Gasteiger partial charge in [-0.05, 0) is 43.5 Å². The van der Waals surface area contributed by atoms with E-state index < -0.39 is 5.25 Å². The summed E-state index contributed by atoms with van der Waals surface area (Å²) < 4.78 is 23.0. The van der Waals surface area contributed by atoms with Gasteiger partial charge in [-0.1, -0.05) is 43.7 Å². The highest BCUT2D eigenvalue weighted by Gasteiger charge is 2.25. The lowest BCUT2D eigenvalue weighted by Gasteiger charge is -2.18. The highest BCUT2D eigenvalue weighted by molar-refractivity contribution is 8.00. The Balaban J connectivity index is 1.52. The summed E-state index contributed by atoms with van der Waals surface area (Å²) in [4.78, 5) is 43.7. The van der Waals surface area contributed by atoms with Crippen LogP contribution in [0.25, 0.3) is 10.9 Å². The van der Waals surface area contributed by atoms with Gasteiger partial charge in [0.05, 0.1) is 24.6 Å². The average molecular weight is 570 g/mol. The van der Waals surface area contributed by atoms with Crippen LogP contribution in [0.15, 0.2) is 46.3 Å². The molecule has 40 heavy (non-hydrogen) atoms. The van der Waals surface area contributed by atoms with E-state index in [1.807, 2.05) is 24.3 Å². The first-order valence-corrected chi connectivity index (χ1v) is 14.4. The molecule has 0 unspecified atom stereocenters. The van der Waals surface area contributed by atoms with Gasteiger partial charge in [0.2, 0.25) is 12.7 Å². The molecule has 1 N–H and O–H groups in total. The standard InChI is InChI=1S/C29H35N3O7S/c1-4-6-8-25(28(35)37-5-2)40-29-31-22-16-24-23(38-18-39-24)15-21(22)27(34)32(29)14-7-9-26(33)30-17-19-10-12-20(36-3)13-11-19/h10-13,15-16,25H,4-9,14,17-18H2,1-3H3,(H,30,33)/t25-/m0/s1. The van der Waals surface area contributed by atoms with Crippen molar-refractivity contribution < 1.29 is 28.5 Å². The van der Waals surface area contributed by atoms with Gasteiger partial charge in [-0.3, -0.25) is 19.0 Å². The molecule has 1 aliphatic heterocycles. The average Bonchev–Trinajstić information content (AvgIpc) is 3.42. The molecule has 10 nitrogen and oxygen atoms in total. The van der Waals surface area contributed by atoms with Crippen LogP contribution >= 0.6 is 11.8 Å². The van der Waals surface area contributed by atoms with Crippen LogP contribution in [-0.4, -0.2) is 47.2 Å². The summed E-state index contributed by atoms with van der Waals surface area (Å²) in [6.07, 6.45) is 3.00. The van der Waals surface area contributed by atoms with Gasteiger partial charge in [0, 0.05) is 25.6 Å². The Morgan fingerprint density at radius 1 is 1.12 bits per heavy atom. The van der Waals surface area contributed by atoms with Crippen LogP contribution in [0, 0.1) is 0 Å². The predicted molar refractivity (Wildman–Crippen MR) is 152 cm³/mol. The summed E-state index contributed by atoms with van der Waals surface area (Å²) in [6, 6.07) is 10.8. The first-order chi connectivity index (χ1) is 19.4. The van der Waals surface area contributed by atoms with E-state index in [-0.39, 0.29) is 43.8 Å². The highest BCUT2D eigenvalue weighted by atomic mass is 32.2. The van der Waals surface area contributed by atoms with E-state index in [1.165, 1.54) is 11.8 Å². The first-order valence-electron chi connectivity index (χ1n) is 13.5. The number of rotatable bonds is 14. The third-order valence-electron chi connectivity index (χ3n) is 6.46. The molecular formula is C29H35N3O7S. The summed E-state index contributed by atoms with van der Waals surface area (Å²) in [7, 11) is 1.61. The van der Waals surface area contributed by atoms with Crippen LogP contribution in [0.3, 0.4) is 0 Å². The number of unbranched alkanes of at least 4 members (excludes halogenated alkanes) is 1. The van der Waals surface area contributed by atoms with Gasteiger partial charge >= 0.3 is 5.97 Å². The van der Waals surface area contributed by atoms with Crippen LogP contribution in [0.5, 0.6) is 17.2 Å². The Bertz CT molecular complexity index is 1390. The third-order valence-corrected chi connectivity index (χ3v) is 7.70. The molecule has 2 heterocycles. The molecule has 1 aliphatic rings. The van der Waals surface area contributed by atoms with Crippen LogP contribution in [-0.2, 0) is 27.4 Å². The van der Waals surface area contributed by atoms with Crippen molar-refractivity contribution in [1.82, 2.24) is 14.9 Å². The molecule has 4 rings (SSSR count). The Hall–Kier alpha value is -3.73. The molecular weight excluding hydrogens is 534 g/mol. The van der Waals surface area contributed by atoms with Gasteiger partial charge in [0.1, 0.15) is 11.0 Å². The van der Waals surface area contributed by atoms with E-state index in [0.717, 1.165) is 24.2 Å². The molecule has 2 aromatic carbocycles. The number of carbonyl (C=O) groups excluding carboxylic acids is 2. The molecule has 11 heteroatoms. The van der Waals surface area contributed by atoms with Crippen molar-refractivity contribution in [1.29, 1.82) is 0 Å². The van der Waals surface area contributed by atoms with E-state index in [2.05, 4.69) is 12.2 Å². The molecule has 0 fully saturated rings. The normalized spacial score (nSPS) is 12.8. The number of hydrogen-bond donors (Lipinski definition) is 1. The summed E-state index contributed by atoms with van der Waals surface area (Å²) in [5, 5.41) is 3.21. The molecule has 0 aliphatic carbocycles. The summed E-state index contributed by atoms with van der Waals surface area (Å²) in [6.45, 7) is 4.83. The largest absolute Gasteiger partial charge is 0.497 e.